The molecule has 1 atom stereocenters. The molecular formula is C18H20N2OS. The van der Waals surface area contributed by atoms with Crippen LogP contribution in [0.15, 0.2) is 47.8 Å². The SMILES string of the molecule is CCC(C)NC(=O)c1cc2sccc2n1Cc1ccccc1. The number of aromatic nitrogens is 1. The summed E-state index contributed by atoms with van der Waals surface area (Å²) in [5.74, 6) is 0.00804. The van der Waals surface area contributed by atoms with Gasteiger partial charge in [-0.25, -0.2) is 0 Å². The Morgan fingerprint density at radius 2 is 2.05 bits per heavy atom. The first-order valence-corrected chi connectivity index (χ1v) is 8.48. The highest BCUT2D eigenvalue weighted by Crippen LogP contribution is 2.26. The quantitative estimate of drug-likeness (QED) is 0.749. The van der Waals surface area contributed by atoms with Gasteiger partial charge in [0, 0.05) is 12.6 Å². The van der Waals surface area contributed by atoms with E-state index in [9.17, 15) is 4.79 Å². The van der Waals surface area contributed by atoms with Gasteiger partial charge in [-0.3, -0.25) is 4.79 Å². The van der Waals surface area contributed by atoms with E-state index in [4.69, 9.17) is 0 Å². The summed E-state index contributed by atoms with van der Waals surface area (Å²) in [6.45, 7) is 4.82. The summed E-state index contributed by atoms with van der Waals surface area (Å²) in [6, 6.07) is 14.5. The second-order valence-corrected chi connectivity index (χ2v) is 6.50. The predicted octanol–water partition coefficient (Wildman–Crippen LogP) is 4.28. The van der Waals surface area contributed by atoms with Crippen molar-refractivity contribution in [2.45, 2.75) is 32.9 Å². The summed E-state index contributed by atoms with van der Waals surface area (Å²) >= 11 is 1.67. The van der Waals surface area contributed by atoms with Crippen molar-refractivity contribution in [2.24, 2.45) is 0 Å². The summed E-state index contributed by atoms with van der Waals surface area (Å²) in [5, 5.41) is 5.14. The molecule has 0 radical (unpaired) electrons. The maximum Gasteiger partial charge on any atom is 0.268 e. The number of hydrogen-bond acceptors (Lipinski definition) is 2. The van der Waals surface area contributed by atoms with Crippen LogP contribution in [0, 0.1) is 0 Å². The number of amides is 1. The fraction of sp³-hybridized carbons (Fsp3) is 0.278. The first kappa shape index (κ1) is 14.9. The zero-order valence-electron chi connectivity index (χ0n) is 12.9. The van der Waals surface area contributed by atoms with Crippen molar-refractivity contribution in [3.8, 4) is 0 Å². The summed E-state index contributed by atoms with van der Waals surface area (Å²) in [4.78, 5) is 12.6. The summed E-state index contributed by atoms with van der Waals surface area (Å²) in [6.07, 6.45) is 0.930. The number of nitrogens with one attached hydrogen (secondary N) is 1. The molecule has 1 aromatic carbocycles. The van der Waals surface area contributed by atoms with Crippen molar-refractivity contribution in [2.75, 3.05) is 0 Å². The van der Waals surface area contributed by atoms with Gasteiger partial charge in [-0.1, -0.05) is 37.3 Å². The molecule has 1 unspecified atom stereocenters. The van der Waals surface area contributed by atoms with Gasteiger partial charge in [-0.05, 0) is 36.4 Å². The highest BCUT2D eigenvalue weighted by molar-refractivity contribution is 7.17. The second kappa shape index (κ2) is 6.36. The van der Waals surface area contributed by atoms with E-state index in [1.807, 2.05) is 31.2 Å². The Hall–Kier alpha value is -2.07. The first-order chi connectivity index (χ1) is 10.7. The molecule has 2 heterocycles. The van der Waals surface area contributed by atoms with Gasteiger partial charge in [-0.15, -0.1) is 11.3 Å². The Labute approximate surface area is 134 Å². The summed E-state index contributed by atoms with van der Waals surface area (Å²) in [7, 11) is 0. The Morgan fingerprint density at radius 1 is 1.27 bits per heavy atom. The third kappa shape index (κ3) is 2.92. The topological polar surface area (TPSA) is 34.0 Å². The van der Waals surface area contributed by atoms with Gasteiger partial charge >= 0.3 is 0 Å². The number of thiophene rings is 1. The zero-order chi connectivity index (χ0) is 15.5. The number of rotatable bonds is 5. The average Bonchev–Trinajstić information content (AvgIpc) is 3.11. The van der Waals surface area contributed by atoms with Gasteiger partial charge in [0.15, 0.2) is 0 Å². The van der Waals surface area contributed by atoms with Crippen LogP contribution in [0.2, 0.25) is 0 Å². The van der Waals surface area contributed by atoms with Crippen molar-refractivity contribution in [3.05, 3.63) is 59.1 Å². The molecule has 3 rings (SSSR count). The van der Waals surface area contributed by atoms with Gasteiger partial charge in [-0.2, -0.15) is 0 Å². The van der Waals surface area contributed by atoms with Gasteiger partial charge in [0.25, 0.3) is 5.91 Å². The van der Waals surface area contributed by atoms with Crippen molar-refractivity contribution in [3.63, 3.8) is 0 Å². The normalized spacial score (nSPS) is 12.5. The molecule has 0 saturated carbocycles. The van der Waals surface area contributed by atoms with E-state index < -0.39 is 0 Å². The van der Waals surface area contributed by atoms with Crippen LogP contribution in [0.25, 0.3) is 10.2 Å². The lowest BCUT2D eigenvalue weighted by molar-refractivity contribution is 0.0931. The van der Waals surface area contributed by atoms with E-state index in [1.165, 1.54) is 5.56 Å². The van der Waals surface area contributed by atoms with Gasteiger partial charge in [0.1, 0.15) is 5.69 Å². The summed E-state index contributed by atoms with van der Waals surface area (Å²) in [5.41, 5.74) is 3.07. The molecule has 0 saturated heterocycles. The molecule has 1 amide bonds. The molecule has 0 aliphatic carbocycles. The second-order valence-electron chi connectivity index (χ2n) is 5.55. The molecule has 0 aliphatic heterocycles. The molecule has 114 valence electrons. The Morgan fingerprint density at radius 3 is 2.77 bits per heavy atom. The standard InChI is InChI=1S/C18H20N2OS/c1-3-13(2)19-18(21)16-11-17-15(9-10-22-17)20(16)12-14-7-5-4-6-8-14/h4-11,13H,3,12H2,1-2H3,(H,19,21). The van der Waals surface area contributed by atoms with E-state index in [0.29, 0.717) is 6.54 Å². The van der Waals surface area contributed by atoms with Crippen molar-refractivity contribution < 1.29 is 4.79 Å². The number of benzene rings is 1. The van der Waals surface area contributed by atoms with E-state index >= 15 is 0 Å². The zero-order valence-corrected chi connectivity index (χ0v) is 13.7. The lowest BCUT2D eigenvalue weighted by Gasteiger charge is -2.14. The Bertz CT molecular complexity index is 773. The molecule has 4 heteroatoms. The van der Waals surface area contributed by atoms with Crippen LogP contribution in [0.1, 0.15) is 36.3 Å². The predicted molar refractivity (Wildman–Crippen MR) is 92.6 cm³/mol. The lowest BCUT2D eigenvalue weighted by atomic mass is 10.2. The van der Waals surface area contributed by atoms with Crippen LogP contribution in [0.5, 0.6) is 0 Å². The molecule has 3 nitrogen and oxygen atoms in total. The van der Waals surface area contributed by atoms with E-state index in [2.05, 4.69) is 40.4 Å². The minimum absolute atomic E-state index is 0.00804. The molecule has 2 aromatic heterocycles. The Balaban J connectivity index is 1.97. The third-order valence-corrected chi connectivity index (χ3v) is 4.78. The van der Waals surface area contributed by atoms with E-state index in [-0.39, 0.29) is 11.9 Å². The number of carbonyl (C=O) groups excluding carboxylic acids is 1. The van der Waals surface area contributed by atoms with Crippen LogP contribution in [0.3, 0.4) is 0 Å². The number of carbonyl (C=O) groups is 1. The minimum atomic E-state index is 0.00804. The fourth-order valence-corrected chi connectivity index (χ4v) is 3.32. The minimum Gasteiger partial charge on any atom is -0.348 e. The molecule has 22 heavy (non-hydrogen) atoms. The largest absolute Gasteiger partial charge is 0.348 e. The average molecular weight is 312 g/mol. The molecule has 0 aliphatic rings. The summed E-state index contributed by atoms with van der Waals surface area (Å²) < 4.78 is 3.27. The monoisotopic (exact) mass is 312 g/mol. The maximum atomic E-state index is 12.6. The lowest BCUT2D eigenvalue weighted by Crippen LogP contribution is -2.33. The molecule has 3 aromatic rings. The van der Waals surface area contributed by atoms with Gasteiger partial charge in [0.05, 0.1) is 10.2 Å². The van der Waals surface area contributed by atoms with Gasteiger partial charge < -0.3 is 9.88 Å². The van der Waals surface area contributed by atoms with Crippen LogP contribution >= 0.6 is 11.3 Å². The van der Waals surface area contributed by atoms with Crippen LogP contribution in [0.4, 0.5) is 0 Å². The van der Waals surface area contributed by atoms with Crippen molar-refractivity contribution >= 4 is 27.5 Å². The number of fused-ring (bicyclic) bond motifs is 1. The molecule has 1 N–H and O–H groups in total. The number of nitrogens with zero attached hydrogens (tertiary/aromatic N) is 1. The smallest absolute Gasteiger partial charge is 0.268 e. The molecule has 0 bridgehead atoms. The first-order valence-electron chi connectivity index (χ1n) is 7.60. The molecule has 0 fully saturated rings. The van der Waals surface area contributed by atoms with Crippen LogP contribution in [-0.4, -0.2) is 16.5 Å². The van der Waals surface area contributed by atoms with Crippen molar-refractivity contribution in [1.82, 2.24) is 9.88 Å². The van der Waals surface area contributed by atoms with Crippen LogP contribution < -0.4 is 5.32 Å². The highest BCUT2D eigenvalue weighted by atomic mass is 32.1. The fourth-order valence-electron chi connectivity index (χ4n) is 2.50. The molecular weight excluding hydrogens is 292 g/mol. The van der Waals surface area contributed by atoms with E-state index in [0.717, 1.165) is 22.3 Å². The maximum absolute atomic E-state index is 12.6. The highest BCUT2D eigenvalue weighted by Gasteiger charge is 2.17. The Kier molecular flexibility index (Phi) is 4.29. The third-order valence-electron chi connectivity index (χ3n) is 3.93. The number of hydrogen-bond donors (Lipinski definition) is 1. The van der Waals surface area contributed by atoms with Gasteiger partial charge in [0.2, 0.25) is 0 Å². The molecule has 0 spiro atoms. The van der Waals surface area contributed by atoms with E-state index in [1.54, 1.807) is 11.3 Å². The van der Waals surface area contributed by atoms with Crippen LogP contribution in [-0.2, 0) is 6.54 Å². The van der Waals surface area contributed by atoms with Crippen molar-refractivity contribution in [1.29, 1.82) is 0 Å².